The van der Waals surface area contributed by atoms with E-state index in [0.717, 1.165) is 24.0 Å². The Balaban J connectivity index is 2.25. The SMILES string of the molecule is COC(=O)C(Cc1cccc(C2(OC)CCOCC2)c1)C(=O)O. The summed E-state index contributed by atoms with van der Waals surface area (Å²) in [6.45, 7) is 1.25. The monoisotopic (exact) mass is 322 g/mol. The molecular formula is C17H22O6. The van der Waals surface area contributed by atoms with Crippen molar-refractivity contribution >= 4 is 11.9 Å². The second-order valence-corrected chi connectivity index (χ2v) is 5.63. The molecule has 1 aliphatic heterocycles. The molecule has 126 valence electrons. The maximum absolute atomic E-state index is 11.6. The average Bonchev–Trinajstić information content (AvgIpc) is 2.59. The van der Waals surface area contributed by atoms with Crippen LogP contribution in [0.4, 0.5) is 0 Å². The summed E-state index contributed by atoms with van der Waals surface area (Å²) in [6, 6.07) is 7.54. The van der Waals surface area contributed by atoms with Gasteiger partial charge in [0.15, 0.2) is 5.92 Å². The van der Waals surface area contributed by atoms with Crippen molar-refractivity contribution in [3.8, 4) is 0 Å². The van der Waals surface area contributed by atoms with E-state index in [-0.39, 0.29) is 6.42 Å². The van der Waals surface area contributed by atoms with Crippen molar-refractivity contribution in [2.75, 3.05) is 27.4 Å². The number of esters is 1. The number of hydrogen-bond acceptors (Lipinski definition) is 5. The Morgan fingerprint density at radius 3 is 2.57 bits per heavy atom. The number of carboxylic acids is 1. The minimum absolute atomic E-state index is 0.0894. The van der Waals surface area contributed by atoms with Gasteiger partial charge in [0.05, 0.1) is 12.7 Å². The van der Waals surface area contributed by atoms with E-state index in [9.17, 15) is 14.7 Å². The second-order valence-electron chi connectivity index (χ2n) is 5.63. The van der Waals surface area contributed by atoms with Crippen LogP contribution in [0.1, 0.15) is 24.0 Å². The molecule has 23 heavy (non-hydrogen) atoms. The molecule has 1 atom stereocenters. The Labute approximate surface area is 135 Å². The van der Waals surface area contributed by atoms with E-state index < -0.39 is 23.5 Å². The Hall–Kier alpha value is -1.92. The zero-order valence-electron chi connectivity index (χ0n) is 13.4. The van der Waals surface area contributed by atoms with Crippen molar-refractivity contribution in [3.63, 3.8) is 0 Å². The van der Waals surface area contributed by atoms with Gasteiger partial charge in [-0.05, 0) is 17.5 Å². The maximum Gasteiger partial charge on any atom is 0.320 e. The number of hydrogen-bond donors (Lipinski definition) is 1. The number of carboxylic acid groups (broad SMARTS) is 1. The fourth-order valence-electron chi connectivity index (χ4n) is 2.94. The smallest absolute Gasteiger partial charge is 0.320 e. The van der Waals surface area contributed by atoms with E-state index >= 15 is 0 Å². The zero-order chi connectivity index (χ0) is 16.9. The summed E-state index contributed by atoms with van der Waals surface area (Å²) in [5.74, 6) is -3.13. The van der Waals surface area contributed by atoms with Crippen molar-refractivity contribution in [2.24, 2.45) is 5.92 Å². The molecule has 2 rings (SSSR count). The van der Waals surface area contributed by atoms with Gasteiger partial charge >= 0.3 is 11.9 Å². The van der Waals surface area contributed by atoms with Crippen molar-refractivity contribution in [3.05, 3.63) is 35.4 Å². The van der Waals surface area contributed by atoms with Gasteiger partial charge < -0.3 is 19.3 Å². The van der Waals surface area contributed by atoms with Gasteiger partial charge in [0.2, 0.25) is 0 Å². The molecule has 1 fully saturated rings. The molecule has 6 heteroatoms. The van der Waals surface area contributed by atoms with Crippen molar-refractivity contribution < 1.29 is 28.9 Å². The molecule has 1 unspecified atom stereocenters. The van der Waals surface area contributed by atoms with Crippen LogP contribution in [0.3, 0.4) is 0 Å². The third-order valence-electron chi connectivity index (χ3n) is 4.37. The van der Waals surface area contributed by atoms with Crippen LogP contribution >= 0.6 is 0 Å². The van der Waals surface area contributed by atoms with Crippen LogP contribution in [0.25, 0.3) is 0 Å². The van der Waals surface area contributed by atoms with Gasteiger partial charge in [0.25, 0.3) is 0 Å². The fourth-order valence-corrected chi connectivity index (χ4v) is 2.94. The third kappa shape index (κ3) is 3.89. The Morgan fingerprint density at radius 1 is 1.30 bits per heavy atom. The molecule has 1 aromatic carbocycles. The fraction of sp³-hybridized carbons (Fsp3) is 0.529. The van der Waals surface area contributed by atoms with Gasteiger partial charge in [-0.25, -0.2) is 0 Å². The van der Waals surface area contributed by atoms with Crippen molar-refractivity contribution in [2.45, 2.75) is 24.9 Å². The Bertz CT molecular complexity index is 562. The van der Waals surface area contributed by atoms with E-state index in [4.69, 9.17) is 9.47 Å². The number of carbonyl (C=O) groups excluding carboxylic acids is 1. The quantitative estimate of drug-likeness (QED) is 0.635. The number of rotatable bonds is 6. The first-order valence-corrected chi connectivity index (χ1v) is 7.55. The highest BCUT2D eigenvalue weighted by atomic mass is 16.5. The number of carbonyl (C=O) groups is 2. The lowest BCUT2D eigenvalue weighted by Gasteiger charge is -2.36. The molecular weight excluding hydrogens is 300 g/mol. The van der Waals surface area contributed by atoms with Gasteiger partial charge in [-0.3, -0.25) is 9.59 Å². The molecule has 1 aromatic rings. The minimum Gasteiger partial charge on any atom is -0.481 e. The molecule has 0 aliphatic carbocycles. The predicted octanol–water partition coefficient (Wildman–Crippen LogP) is 1.76. The van der Waals surface area contributed by atoms with Crippen LogP contribution in [-0.4, -0.2) is 44.5 Å². The summed E-state index contributed by atoms with van der Waals surface area (Å²) in [5, 5.41) is 9.21. The first-order valence-electron chi connectivity index (χ1n) is 7.55. The summed E-state index contributed by atoms with van der Waals surface area (Å²) < 4.78 is 15.7. The molecule has 1 heterocycles. The zero-order valence-corrected chi connectivity index (χ0v) is 13.4. The van der Waals surface area contributed by atoms with Crippen LogP contribution in [0.2, 0.25) is 0 Å². The van der Waals surface area contributed by atoms with Gasteiger partial charge in [-0.1, -0.05) is 24.3 Å². The number of methoxy groups -OCH3 is 2. The predicted molar refractivity (Wildman–Crippen MR) is 82.0 cm³/mol. The van der Waals surface area contributed by atoms with Gasteiger partial charge in [-0.2, -0.15) is 0 Å². The molecule has 0 saturated carbocycles. The lowest BCUT2D eigenvalue weighted by atomic mass is 9.84. The van der Waals surface area contributed by atoms with Gasteiger partial charge in [0, 0.05) is 33.2 Å². The summed E-state index contributed by atoms with van der Waals surface area (Å²) in [6.07, 6.45) is 1.57. The molecule has 0 amide bonds. The van der Waals surface area contributed by atoms with Gasteiger partial charge in [-0.15, -0.1) is 0 Å². The topological polar surface area (TPSA) is 82.1 Å². The van der Waals surface area contributed by atoms with E-state index in [1.807, 2.05) is 24.3 Å². The summed E-state index contributed by atoms with van der Waals surface area (Å²) in [7, 11) is 2.86. The molecule has 0 radical (unpaired) electrons. The lowest BCUT2D eigenvalue weighted by molar-refractivity contribution is -0.156. The van der Waals surface area contributed by atoms with Crippen LogP contribution < -0.4 is 0 Å². The molecule has 0 aromatic heterocycles. The van der Waals surface area contributed by atoms with E-state index in [2.05, 4.69) is 4.74 Å². The number of ether oxygens (including phenoxy) is 3. The molecule has 0 bridgehead atoms. The van der Waals surface area contributed by atoms with Crippen molar-refractivity contribution in [1.29, 1.82) is 0 Å². The summed E-state index contributed by atoms with van der Waals surface area (Å²) in [4.78, 5) is 22.9. The summed E-state index contributed by atoms with van der Waals surface area (Å²) >= 11 is 0. The standard InChI is InChI=1S/C17H22O6/c1-21-16(20)14(15(18)19)11-12-4-3-5-13(10-12)17(22-2)6-8-23-9-7-17/h3-5,10,14H,6-9,11H2,1-2H3,(H,18,19). The summed E-state index contributed by atoms with van der Waals surface area (Å²) in [5.41, 5.74) is 1.33. The average molecular weight is 322 g/mol. The molecule has 1 aliphatic rings. The Morgan fingerprint density at radius 2 is 2.00 bits per heavy atom. The lowest BCUT2D eigenvalue weighted by Crippen LogP contribution is -2.35. The third-order valence-corrected chi connectivity index (χ3v) is 4.37. The molecule has 0 spiro atoms. The number of aliphatic carboxylic acids is 1. The van der Waals surface area contributed by atoms with Crippen molar-refractivity contribution in [1.82, 2.24) is 0 Å². The largest absolute Gasteiger partial charge is 0.481 e. The van der Waals surface area contributed by atoms with E-state index in [1.54, 1.807) is 7.11 Å². The molecule has 1 saturated heterocycles. The minimum atomic E-state index is -1.21. The van der Waals surface area contributed by atoms with Crippen LogP contribution in [0, 0.1) is 5.92 Å². The van der Waals surface area contributed by atoms with Crippen LogP contribution in [0.5, 0.6) is 0 Å². The van der Waals surface area contributed by atoms with Crippen LogP contribution in [-0.2, 0) is 35.8 Å². The number of benzene rings is 1. The highest BCUT2D eigenvalue weighted by molar-refractivity contribution is 5.94. The maximum atomic E-state index is 11.6. The van der Waals surface area contributed by atoms with Gasteiger partial charge in [0.1, 0.15) is 0 Å². The highest BCUT2D eigenvalue weighted by Gasteiger charge is 2.35. The second kappa shape index (κ2) is 7.57. The normalized spacial score (nSPS) is 18.2. The first-order chi connectivity index (χ1) is 11.0. The molecule has 6 nitrogen and oxygen atoms in total. The van der Waals surface area contributed by atoms with E-state index in [0.29, 0.717) is 13.2 Å². The Kier molecular flexibility index (Phi) is 5.74. The molecule has 1 N–H and O–H groups in total. The van der Waals surface area contributed by atoms with Crippen LogP contribution in [0.15, 0.2) is 24.3 Å². The highest BCUT2D eigenvalue weighted by Crippen LogP contribution is 2.36. The first kappa shape index (κ1) is 17.4. The van der Waals surface area contributed by atoms with E-state index in [1.165, 1.54) is 7.11 Å².